The van der Waals surface area contributed by atoms with Crippen LogP contribution in [0.1, 0.15) is 113 Å². The van der Waals surface area contributed by atoms with Gasteiger partial charge in [0, 0.05) is 6.42 Å². The molecule has 4 heteroatoms. The van der Waals surface area contributed by atoms with Gasteiger partial charge in [0.15, 0.2) is 0 Å². The Balaban J connectivity index is 1.17. The van der Waals surface area contributed by atoms with E-state index in [1.165, 1.54) is 76.0 Å². The Bertz CT molecular complexity index is 1100. The van der Waals surface area contributed by atoms with Gasteiger partial charge in [-0.05, 0) is 52.6 Å². The molecule has 0 radical (unpaired) electrons. The van der Waals surface area contributed by atoms with Gasteiger partial charge in [-0.3, -0.25) is 4.79 Å². The number of hydrogen-bond acceptors (Lipinski definition) is 3. The lowest BCUT2D eigenvalue weighted by molar-refractivity contribution is -0.137. The number of rotatable bonds is 19. The zero-order valence-electron chi connectivity index (χ0n) is 22.4. The number of aliphatic carboxylic acids is 1. The first-order valence-electron chi connectivity index (χ1n) is 14.5. The molecular formula is C33H44O4. The van der Waals surface area contributed by atoms with Gasteiger partial charge < -0.3 is 9.84 Å². The maximum atomic E-state index is 12.7. The van der Waals surface area contributed by atoms with Crippen LogP contribution in [0, 0.1) is 0 Å². The Morgan fingerprint density at radius 1 is 0.568 bits per heavy atom. The number of hydrogen-bond donors (Lipinski definition) is 1. The van der Waals surface area contributed by atoms with E-state index in [0.29, 0.717) is 18.6 Å². The first kappa shape index (κ1) is 28.7. The minimum Gasteiger partial charge on any atom is -0.481 e. The molecule has 0 heterocycles. The summed E-state index contributed by atoms with van der Waals surface area (Å²) in [6, 6.07) is 18.3. The van der Waals surface area contributed by atoms with Crippen molar-refractivity contribution in [1.82, 2.24) is 0 Å². The highest BCUT2D eigenvalue weighted by atomic mass is 16.5. The van der Waals surface area contributed by atoms with E-state index in [1.807, 2.05) is 30.3 Å². The number of unbranched alkanes of at least 4 members (excludes halogenated alkanes) is 14. The van der Waals surface area contributed by atoms with Crippen LogP contribution in [0.25, 0.3) is 21.5 Å². The van der Waals surface area contributed by atoms with Crippen molar-refractivity contribution in [2.24, 2.45) is 0 Å². The average molecular weight is 505 g/mol. The van der Waals surface area contributed by atoms with Crippen molar-refractivity contribution >= 4 is 33.5 Å². The summed E-state index contributed by atoms with van der Waals surface area (Å²) in [5.41, 5.74) is 0.652. The van der Waals surface area contributed by atoms with Crippen molar-refractivity contribution in [3.63, 3.8) is 0 Å². The molecule has 3 rings (SSSR count). The van der Waals surface area contributed by atoms with Crippen LogP contribution >= 0.6 is 0 Å². The second kappa shape index (κ2) is 16.8. The van der Waals surface area contributed by atoms with E-state index in [2.05, 4.69) is 24.3 Å². The molecule has 4 nitrogen and oxygen atoms in total. The summed E-state index contributed by atoms with van der Waals surface area (Å²) in [6.07, 6.45) is 18.3. The van der Waals surface area contributed by atoms with E-state index in [-0.39, 0.29) is 5.97 Å². The molecular weight excluding hydrogens is 460 g/mol. The summed E-state index contributed by atoms with van der Waals surface area (Å²) in [5, 5.41) is 13.0. The van der Waals surface area contributed by atoms with Crippen molar-refractivity contribution < 1.29 is 19.4 Å². The molecule has 0 atom stereocenters. The van der Waals surface area contributed by atoms with Crippen molar-refractivity contribution in [2.45, 2.75) is 103 Å². The molecule has 3 aromatic carbocycles. The monoisotopic (exact) mass is 504 g/mol. The molecule has 200 valence electrons. The first-order chi connectivity index (χ1) is 18.1. The van der Waals surface area contributed by atoms with Gasteiger partial charge in [0.2, 0.25) is 0 Å². The number of esters is 1. The van der Waals surface area contributed by atoms with Crippen molar-refractivity contribution in [2.75, 3.05) is 6.61 Å². The lowest BCUT2D eigenvalue weighted by Gasteiger charge is -2.09. The molecule has 3 aromatic rings. The fraction of sp³-hybridized carbons (Fsp3) is 0.515. The van der Waals surface area contributed by atoms with Crippen molar-refractivity contribution in [3.05, 3.63) is 60.2 Å². The van der Waals surface area contributed by atoms with E-state index in [4.69, 9.17) is 9.84 Å². The smallest absolute Gasteiger partial charge is 0.338 e. The highest BCUT2D eigenvalue weighted by Crippen LogP contribution is 2.26. The fourth-order valence-electron chi connectivity index (χ4n) is 5.06. The molecule has 37 heavy (non-hydrogen) atoms. The van der Waals surface area contributed by atoms with Crippen LogP contribution in [0.2, 0.25) is 0 Å². The van der Waals surface area contributed by atoms with E-state index >= 15 is 0 Å². The Hall–Kier alpha value is -2.88. The quantitative estimate of drug-likeness (QED) is 0.100. The lowest BCUT2D eigenvalue weighted by Crippen LogP contribution is -2.07. The van der Waals surface area contributed by atoms with E-state index < -0.39 is 5.97 Å². The van der Waals surface area contributed by atoms with Crippen LogP contribution in [0.15, 0.2) is 54.6 Å². The third kappa shape index (κ3) is 10.6. The number of carboxylic acids is 1. The molecule has 0 spiro atoms. The van der Waals surface area contributed by atoms with E-state index in [9.17, 15) is 9.59 Å². The van der Waals surface area contributed by atoms with Gasteiger partial charge in [0.05, 0.1) is 12.2 Å². The van der Waals surface area contributed by atoms with Crippen LogP contribution in [0.4, 0.5) is 0 Å². The van der Waals surface area contributed by atoms with Gasteiger partial charge in [-0.25, -0.2) is 4.79 Å². The molecule has 0 saturated carbocycles. The van der Waals surface area contributed by atoms with E-state index in [0.717, 1.165) is 41.8 Å². The molecule has 0 aliphatic rings. The Kier molecular flexibility index (Phi) is 13.0. The largest absolute Gasteiger partial charge is 0.481 e. The third-order valence-corrected chi connectivity index (χ3v) is 7.23. The molecule has 1 N–H and O–H groups in total. The summed E-state index contributed by atoms with van der Waals surface area (Å²) in [6.45, 7) is 0.488. The average Bonchev–Trinajstić information content (AvgIpc) is 2.90. The highest BCUT2D eigenvalue weighted by molar-refractivity contribution is 6.08. The first-order valence-corrected chi connectivity index (χ1v) is 14.5. The number of carbonyl (C=O) groups excluding carboxylic acids is 1. The van der Waals surface area contributed by atoms with Crippen molar-refractivity contribution in [1.29, 1.82) is 0 Å². The summed E-state index contributed by atoms with van der Waals surface area (Å²) in [7, 11) is 0. The second-order valence-corrected chi connectivity index (χ2v) is 10.3. The molecule has 0 bridgehead atoms. The minimum atomic E-state index is -0.674. The van der Waals surface area contributed by atoms with Gasteiger partial charge in [0.25, 0.3) is 0 Å². The number of carbonyl (C=O) groups is 2. The molecule has 0 aliphatic carbocycles. The van der Waals surface area contributed by atoms with E-state index in [1.54, 1.807) is 0 Å². The summed E-state index contributed by atoms with van der Waals surface area (Å²) >= 11 is 0. The maximum Gasteiger partial charge on any atom is 0.338 e. The van der Waals surface area contributed by atoms with Crippen LogP contribution in [0.5, 0.6) is 0 Å². The molecule has 0 amide bonds. The van der Waals surface area contributed by atoms with Crippen LogP contribution < -0.4 is 0 Å². The minimum absolute atomic E-state index is 0.223. The fourth-order valence-corrected chi connectivity index (χ4v) is 5.06. The Morgan fingerprint density at radius 2 is 1.05 bits per heavy atom. The summed E-state index contributed by atoms with van der Waals surface area (Å²) in [5.74, 6) is -0.897. The predicted molar refractivity (Wildman–Crippen MR) is 153 cm³/mol. The maximum absolute atomic E-state index is 12.7. The zero-order chi connectivity index (χ0) is 26.1. The van der Waals surface area contributed by atoms with Gasteiger partial charge >= 0.3 is 11.9 Å². The highest BCUT2D eigenvalue weighted by Gasteiger charge is 2.12. The Labute approximate surface area is 222 Å². The molecule has 0 saturated heterocycles. The van der Waals surface area contributed by atoms with Gasteiger partial charge in [0.1, 0.15) is 0 Å². The van der Waals surface area contributed by atoms with Crippen LogP contribution in [-0.4, -0.2) is 23.7 Å². The standard InChI is InChI=1S/C33H44O4/c34-32(35)23-14-12-10-8-6-4-2-1-3-5-7-9-11-13-17-24-37-33(36)30-22-18-21-29-25-27-19-15-16-20-28(27)26-31(29)30/h15-16,18-22,25-26H,1-14,17,23-24H2,(H,34,35). The van der Waals surface area contributed by atoms with Crippen molar-refractivity contribution in [3.8, 4) is 0 Å². The Morgan fingerprint density at radius 3 is 1.62 bits per heavy atom. The van der Waals surface area contributed by atoms with Gasteiger partial charge in [-0.1, -0.05) is 120 Å². The number of ether oxygens (including phenoxy) is 1. The number of carboxylic acid groups (broad SMARTS) is 1. The molecule has 0 fully saturated rings. The normalized spacial score (nSPS) is 11.2. The summed E-state index contributed by atoms with van der Waals surface area (Å²) < 4.78 is 5.61. The third-order valence-electron chi connectivity index (χ3n) is 7.23. The number of benzene rings is 3. The topological polar surface area (TPSA) is 63.6 Å². The second-order valence-electron chi connectivity index (χ2n) is 10.3. The van der Waals surface area contributed by atoms with Crippen LogP contribution in [0.3, 0.4) is 0 Å². The molecule has 0 aliphatic heterocycles. The predicted octanol–water partition coefficient (Wildman–Crippen LogP) is 9.48. The van der Waals surface area contributed by atoms with Crippen LogP contribution in [-0.2, 0) is 9.53 Å². The van der Waals surface area contributed by atoms with Gasteiger partial charge in [-0.2, -0.15) is 0 Å². The number of fused-ring (bicyclic) bond motifs is 2. The molecule has 0 unspecified atom stereocenters. The molecule has 0 aromatic heterocycles. The van der Waals surface area contributed by atoms with Gasteiger partial charge in [-0.15, -0.1) is 0 Å². The SMILES string of the molecule is O=C(O)CCCCCCCCCCCCCCCCCOC(=O)c1cccc2cc3ccccc3cc12. The summed E-state index contributed by atoms with van der Waals surface area (Å²) in [4.78, 5) is 23.2. The zero-order valence-corrected chi connectivity index (χ0v) is 22.4. The lowest BCUT2D eigenvalue weighted by atomic mass is 10.00.